The lowest BCUT2D eigenvalue weighted by Crippen LogP contribution is -2.29. The van der Waals surface area contributed by atoms with E-state index in [0.29, 0.717) is 0 Å². The molecule has 0 aromatic heterocycles. The molecular weight excluding hydrogens is 235 g/mol. The number of benzene rings is 1. The molecule has 1 amide bonds. The number of rotatable bonds is 5. The Morgan fingerprint density at radius 3 is 2.47 bits per heavy atom. The summed E-state index contributed by atoms with van der Waals surface area (Å²) in [6.07, 6.45) is -4.40. The summed E-state index contributed by atoms with van der Waals surface area (Å²) in [5.74, 6) is -0.571. The minimum absolute atomic E-state index is 0.273. The predicted molar refractivity (Wildman–Crippen MR) is 55.2 cm³/mol. The molecular formula is C11H12F3NO2. The maximum Gasteiger partial charge on any atom is 0.411 e. The lowest BCUT2D eigenvalue weighted by Gasteiger charge is -2.08. The fourth-order valence-corrected chi connectivity index (χ4v) is 1.11. The highest BCUT2D eigenvalue weighted by atomic mass is 19.4. The molecule has 0 aliphatic carbocycles. The van der Waals surface area contributed by atoms with E-state index in [0.717, 1.165) is 5.56 Å². The molecule has 0 aliphatic rings. The third-order valence-corrected chi connectivity index (χ3v) is 1.83. The molecule has 1 aromatic carbocycles. The fraction of sp³-hybridized carbons (Fsp3) is 0.364. The first-order chi connectivity index (χ1) is 7.97. The highest BCUT2D eigenvalue weighted by Crippen LogP contribution is 2.14. The first-order valence-electron chi connectivity index (χ1n) is 4.92. The van der Waals surface area contributed by atoms with Crippen LogP contribution in [0.25, 0.3) is 0 Å². The smallest absolute Gasteiger partial charge is 0.362 e. The molecule has 94 valence electrons. The Bertz CT molecular complexity index is 351. The van der Waals surface area contributed by atoms with Crippen molar-refractivity contribution in [3.8, 4) is 0 Å². The summed E-state index contributed by atoms with van der Waals surface area (Å²) in [7, 11) is 0. The zero-order chi connectivity index (χ0) is 12.7. The van der Waals surface area contributed by atoms with E-state index in [2.05, 4.69) is 10.1 Å². The molecule has 17 heavy (non-hydrogen) atoms. The normalized spacial score (nSPS) is 11.2. The standard InChI is InChI=1S/C11H12F3NO2/c12-11(13,14)8-17-7-10(16)15-6-9-4-2-1-3-5-9/h1-5H,6-8H2,(H,15,16). The molecule has 0 heterocycles. The quantitative estimate of drug-likeness (QED) is 0.862. The Morgan fingerprint density at radius 2 is 1.88 bits per heavy atom. The molecule has 0 unspecified atom stereocenters. The molecule has 3 nitrogen and oxygen atoms in total. The van der Waals surface area contributed by atoms with Crippen LogP contribution in [-0.4, -0.2) is 25.3 Å². The summed E-state index contributed by atoms with van der Waals surface area (Å²) < 4.78 is 39.3. The van der Waals surface area contributed by atoms with Gasteiger partial charge >= 0.3 is 6.18 Å². The number of ether oxygens (including phenoxy) is 1. The lowest BCUT2D eigenvalue weighted by molar-refractivity contribution is -0.175. The summed E-state index contributed by atoms with van der Waals surface area (Å²) in [4.78, 5) is 11.1. The third-order valence-electron chi connectivity index (χ3n) is 1.83. The topological polar surface area (TPSA) is 38.3 Å². The van der Waals surface area contributed by atoms with Crippen LogP contribution in [0.2, 0.25) is 0 Å². The van der Waals surface area contributed by atoms with Crippen LogP contribution in [0.4, 0.5) is 13.2 Å². The third kappa shape index (κ3) is 6.57. The van der Waals surface area contributed by atoms with Crippen molar-refractivity contribution in [2.45, 2.75) is 12.7 Å². The summed E-state index contributed by atoms with van der Waals surface area (Å²) >= 11 is 0. The van der Waals surface area contributed by atoms with Gasteiger partial charge in [-0.25, -0.2) is 0 Å². The molecule has 0 saturated heterocycles. The van der Waals surface area contributed by atoms with Crippen LogP contribution >= 0.6 is 0 Å². The van der Waals surface area contributed by atoms with Gasteiger partial charge in [-0.2, -0.15) is 13.2 Å². The second-order valence-corrected chi connectivity index (χ2v) is 3.37. The van der Waals surface area contributed by atoms with Gasteiger partial charge in [0.1, 0.15) is 13.2 Å². The van der Waals surface area contributed by atoms with E-state index in [1.54, 1.807) is 12.1 Å². The lowest BCUT2D eigenvalue weighted by atomic mass is 10.2. The van der Waals surface area contributed by atoms with Gasteiger partial charge in [0, 0.05) is 6.54 Å². The SMILES string of the molecule is O=C(COCC(F)(F)F)NCc1ccccc1. The molecule has 0 atom stereocenters. The second-order valence-electron chi connectivity index (χ2n) is 3.37. The Balaban J connectivity index is 2.18. The Hall–Kier alpha value is -1.56. The molecule has 0 spiro atoms. The van der Waals surface area contributed by atoms with Crippen molar-refractivity contribution in [2.75, 3.05) is 13.2 Å². The van der Waals surface area contributed by atoms with E-state index in [9.17, 15) is 18.0 Å². The average molecular weight is 247 g/mol. The Labute approximate surface area is 96.6 Å². The van der Waals surface area contributed by atoms with E-state index in [1.807, 2.05) is 18.2 Å². The second kappa shape index (κ2) is 6.24. The first-order valence-corrected chi connectivity index (χ1v) is 4.92. The van der Waals surface area contributed by atoms with E-state index in [4.69, 9.17) is 0 Å². The number of carbonyl (C=O) groups is 1. The van der Waals surface area contributed by atoms with Crippen molar-refractivity contribution in [1.82, 2.24) is 5.32 Å². The summed E-state index contributed by atoms with van der Waals surface area (Å²) in [6, 6.07) is 9.05. The number of nitrogens with one attached hydrogen (secondary N) is 1. The number of alkyl halides is 3. The van der Waals surface area contributed by atoms with Gasteiger partial charge in [-0.3, -0.25) is 4.79 Å². The molecule has 1 rings (SSSR count). The number of halogens is 3. The van der Waals surface area contributed by atoms with Crippen LogP contribution in [-0.2, 0) is 16.1 Å². The van der Waals surface area contributed by atoms with Crippen molar-refractivity contribution in [3.63, 3.8) is 0 Å². The molecule has 1 aromatic rings. The number of carbonyl (C=O) groups excluding carboxylic acids is 1. The number of hydrogen-bond donors (Lipinski definition) is 1. The largest absolute Gasteiger partial charge is 0.411 e. The highest BCUT2D eigenvalue weighted by Gasteiger charge is 2.27. The molecule has 6 heteroatoms. The maximum absolute atomic E-state index is 11.7. The monoisotopic (exact) mass is 247 g/mol. The van der Waals surface area contributed by atoms with Crippen LogP contribution in [0, 0.1) is 0 Å². The van der Waals surface area contributed by atoms with Crippen molar-refractivity contribution in [2.24, 2.45) is 0 Å². The molecule has 0 bridgehead atoms. The van der Waals surface area contributed by atoms with Gasteiger partial charge in [0.25, 0.3) is 0 Å². The molecule has 0 radical (unpaired) electrons. The van der Waals surface area contributed by atoms with E-state index in [1.165, 1.54) is 0 Å². The van der Waals surface area contributed by atoms with E-state index >= 15 is 0 Å². The van der Waals surface area contributed by atoms with Crippen molar-refractivity contribution in [1.29, 1.82) is 0 Å². The fourth-order valence-electron chi connectivity index (χ4n) is 1.11. The molecule has 0 saturated carbocycles. The van der Waals surface area contributed by atoms with Gasteiger partial charge in [0.15, 0.2) is 0 Å². The van der Waals surface area contributed by atoms with Crippen molar-refractivity contribution in [3.05, 3.63) is 35.9 Å². The predicted octanol–water partition coefficient (Wildman–Crippen LogP) is 1.88. The summed E-state index contributed by atoms with van der Waals surface area (Å²) in [5.41, 5.74) is 0.872. The van der Waals surface area contributed by atoms with Gasteiger partial charge < -0.3 is 10.1 Å². The summed E-state index contributed by atoms with van der Waals surface area (Å²) in [5, 5.41) is 2.45. The van der Waals surface area contributed by atoms with Crippen LogP contribution < -0.4 is 5.32 Å². The van der Waals surface area contributed by atoms with Gasteiger partial charge in [0.2, 0.25) is 5.91 Å². The van der Waals surface area contributed by atoms with Gasteiger partial charge in [0.05, 0.1) is 0 Å². The van der Waals surface area contributed by atoms with Gasteiger partial charge in [-0.05, 0) is 5.56 Å². The first kappa shape index (κ1) is 13.5. The maximum atomic E-state index is 11.7. The molecule has 1 N–H and O–H groups in total. The van der Waals surface area contributed by atoms with Crippen LogP contribution in [0.1, 0.15) is 5.56 Å². The summed E-state index contributed by atoms with van der Waals surface area (Å²) in [6.45, 7) is -1.73. The molecule has 0 fully saturated rings. The number of hydrogen-bond acceptors (Lipinski definition) is 2. The van der Waals surface area contributed by atoms with Crippen LogP contribution in [0.3, 0.4) is 0 Å². The minimum atomic E-state index is -4.40. The van der Waals surface area contributed by atoms with Gasteiger partial charge in [-0.1, -0.05) is 30.3 Å². The van der Waals surface area contributed by atoms with Crippen LogP contribution in [0.5, 0.6) is 0 Å². The Morgan fingerprint density at radius 1 is 1.24 bits per heavy atom. The Kier molecular flexibility index (Phi) is 4.96. The highest BCUT2D eigenvalue weighted by molar-refractivity contribution is 5.77. The number of amides is 1. The van der Waals surface area contributed by atoms with E-state index in [-0.39, 0.29) is 6.54 Å². The van der Waals surface area contributed by atoms with Crippen molar-refractivity contribution < 1.29 is 22.7 Å². The van der Waals surface area contributed by atoms with Crippen molar-refractivity contribution >= 4 is 5.91 Å². The molecule has 0 aliphatic heterocycles. The average Bonchev–Trinajstić information content (AvgIpc) is 2.26. The van der Waals surface area contributed by atoms with Gasteiger partial charge in [-0.15, -0.1) is 0 Å². The van der Waals surface area contributed by atoms with E-state index < -0.39 is 25.3 Å². The van der Waals surface area contributed by atoms with Crippen LogP contribution in [0.15, 0.2) is 30.3 Å². The zero-order valence-electron chi connectivity index (χ0n) is 8.96. The minimum Gasteiger partial charge on any atom is -0.362 e. The zero-order valence-corrected chi connectivity index (χ0v) is 8.96.